The summed E-state index contributed by atoms with van der Waals surface area (Å²) in [5.74, 6) is 0. The third kappa shape index (κ3) is 4.90. The van der Waals surface area contributed by atoms with Crippen LogP contribution < -0.4 is 4.72 Å². The van der Waals surface area contributed by atoms with E-state index in [-0.39, 0.29) is 5.69 Å². The van der Waals surface area contributed by atoms with Crippen LogP contribution in [0.2, 0.25) is 0 Å². The minimum atomic E-state index is -3.90. The third-order valence-electron chi connectivity index (χ3n) is 1.37. The number of hydrogen-bond acceptors (Lipinski definition) is 5. The lowest BCUT2D eigenvalue weighted by Gasteiger charge is -2.06. The zero-order chi connectivity index (χ0) is 12.4. The Hall–Kier alpha value is -0.670. The summed E-state index contributed by atoms with van der Waals surface area (Å²) in [7, 11) is -7.49. The molecule has 9 heteroatoms. The lowest BCUT2D eigenvalue weighted by atomic mass is 10.4. The first-order valence-corrected chi connectivity index (χ1v) is 8.48. The van der Waals surface area contributed by atoms with Gasteiger partial charge in [-0.2, -0.15) is 0 Å². The Bertz CT molecular complexity index is 565. The maximum Gasteiger partial charge on any atom is 0.247 e. The summed E-state index contributed by atoms with van der Waals surface area (Å²) in [5, 5.41) is -0.948. The van der Waals surface area contributed by atoms with Gasteiger partial charge in [-0.15, -0.1) is 0 Å². The van der Waals surface area contributed by atoms with Gasteiger partial charge >= 0.3 is 0 Å². The van der Waals surface area contributed by atoms with Crippen LogP contribution in [0, 0.1) is 0 Å². The van der Waals surface area contributed by atoms with E-state index in [1.165, 1.54) is 18.3 Å². The summed E-state index contributed by atoms with van der Waals surface area (Å²) in [6, 6.07) is 3.01. The van der Waals surface area contributed by atoms with Gasteiger partial charge in [0, 0.05) is 6.26 Å². The molecule has 0 aliphatic carbocycles. The van der Waals surface area contributed by atoms with Gasteiger partial charge in [0.1, 0.15) is 4.60 Å². The second-order valence-corrected chi connectivity index (χ2v) is 8.17. The largest absolute Gasteiger partial charge is 0.281 e. The smallest absolute Gasteiger partial charge is 0.247 e. The number of aromatic nitrogens is 1. The Balaban J connectivity index is 2.85. The maximum atomic E-state index is 11.4. The van der Waals surface area contributed by atoms with Gasteiger partial charge in [-0.3, -0.25) is 4.72 Å². The Morgan fingerprint density at radius 1 is 1.31 bits per heavy atom. The van der Waals surface area contributed by atoms with Crippen LogP contribution in [0.25, 0.3) is 0 Å². The minimum absolute atomic E-state index is 0.215. The van der Waals surface area contributed by atoms with Gasteiger partial charge in [-0.1, -0.05) is 0 Å². The summed E-state index contributed by atoms with van der Waals surface area (Å²) in [6.07, 6.45) is 2.13. The van der Waals surface area contributed by atoms with E-state index >= 15 is 0 Å². The Morgan fingerprint density at radius 2 is 1.94 bits per heavy atom. The number of anilines is 1. The summed E-state index contributed by atoms with van der Waals surface area (Å²) >= 11 is 3.09. The number of hydrogen-bond donors (Lipinski definition) is 1. The SMILES string of the molecule is CS(=O)(=O)CS(=O)(=O)Nc1ccc(Br)nc1. The molecule has 1 rings (SSSR count). The molecule has 1 N–H and O–H groups in total. The fraction of sp³-hybridized carbons (Fsp3) is 0.286. The molecule has 16 heavy (non-hydrogen) atoms. The van der Waals surface area contributed by atoms with Crippen LogP contribution in [0.5, 0.6) is 0 Å². The predicted molar refractivity (Wildman–Crippen MR) is 64.2 cm³/mol. The van der Waals surface area contributed by atoms with Crippen LogP contribution in [0.4, 0.5) is 5.69 Å². The van der Waals surface area contributed by atoms with Gasteiger partial charge in [0.2, 0.25) is 10.0 Å². The van der Waals surface area contributed by atoms with Gasteiger partial charge in [-0.25, -0.2) is 21.8 Å². The molecule has 1 heterocycles. The van der Waals surface area contributed by atoms with Gasteiger partial charge < -0.3 is 0 Å². The molecule has 0 bridgehead atoms. The third-order valence-corrected chi connectivity index (χ3v) is 5.34. The van der Waals surface area contributed by atoms with Crippen LogP contribution >= 0.6 is 15.9 Å². The molecule has 0 amide bonds. The highest BCUT2D eigenvalue weighted by molar-refractivity contribution is 9.10. The van der Waals surface area contributed by atoms with Crippen LogP contribution in [0.3, 0.4) is 0 Å². The molecular weight excluding hydrogens is 320 g/mol. The highest BCUT2D eigenvalue weighted by Crippen LogP contribution is 2.12. The molecule has 0 aliphatic rings. The van der Waals surface area contributed by atoms with Gasteiger partial charge in [-0.05, 0) is 28.1 Å². The Kier molecular flexibility index (Phi) is 3.92. The number of halogens is 1. The topological polar surface area (TPSA) is 93.2 Å². The van der Waals surface area contributed by atoms with Crippen molar-refractivity contribution >= 4 is 41.5 Å². The van der Waals surface area contributed by atoms with Crippen molar-refractivity contribution in [2.75, 3.05) is 16.1 Å². The normalized spacial score (nSPS) is 12.4. The summed E-state index contributed by atoms with van der Waals surface area (Å²) in [5.41, 5.74) is 0.215. The van der Waals surface area contributed by atoms with Crippen molar-refractivity contribution in [3.05, 3.63) is 22.9 Å². The quantitative estimate of drug-likeness (QED) is 0.816. The average molecular weight is 329 g/mol. The van der Waals surface area contributed by atoms with Crippen molar-refractivity contribution in [2.24, 2.45) is 0 Å². The Labute approximate surface area is 102 Å². The van der Waals surface area contributed by atoms with Crippen molar-refractivity contribution in [1.82, 2.24) is 4.98 Å². The first-order chi connectivity index (χ1) is 7.18. The molecule has 0 atom stereocenters. The average Bonchev–Trinajstić information content (AvgIpc) is 2.04. The number of nitrogens with zero attached hydrogens (tertiary/aromatic N) is 1. The van der Waals surface area contributed by atoms with E-state index in [9.17, 15) is 16.8 Å². The molecule has 90 valence electrons. The zero-order valence-corrected chi connectivity index (χ0v) is 11.4. The van der Waals surface area contributed by atoms with Gasteiger partial charge in [0.15, 0.2) is 14.9 Å². The van der Waals surface area contributed by atoms with Crippen LogP contribution in [-0.4, -0.2) is 33.2 Å². The van der Waals surface area contributed by atoms with Crippen molar-refractivity contribution < 1.29 is 16.8 Å². The predicted octanol–water partition coefficient (Wildman–Crippen LogP) is 0.588. The second kappa shape index (κ2) is 4.68. The van der Waals surface area contributed by atoms with Crippen molar-refractivity contribution in [2.45, 2.75) is 0 Å². The molecule has 1 aromatic rings. The Morgan fingerprint density at radius 3 is 2.38 bits per heavy atom. The number of sulfone groups is 1. The fourth-order valence-corrected chi connectivity index (χ4v) is 4.13. The molecule has 0 saturated heterocycles. The van der Waals surface area contributed by atoms with Gasteiger partial charge in [0.25, 0.3) is 0 Å². The van der Waals surface area contributed by atoms with E-state index in [2.05, 4.69) is 25.6 Å². The molecule has 0 radical (unpaired) electrons. The molecular formula is C7H9BrN2O4S2. The second-order valence-electron chi connectivity index (χ2n) is 3.13. The van der Waals surface area contributed by atoms with Crippen molar-refractivity contribution in [3.63, 3.8) is 0 Å². The van der Waals surface area contributed by atoms with E-state index in [0.29, 0.717) is 4.60 Å². The number of nitrogens with one attached hydrogen (secondary N) is 1. The molecule has 0 aliphatic heterocycles. The summed E-state index contributed by atoms with van der Waals surface area (Å²) < 4.78 is 47.1. The maximum absolute atomic E-state index is 11.4. The molecule has 0 spiro atoms. The first-order valence-electron chi connectivity index (χ1n) is 3.98. The summed E-state index contributed by atoms with van der Waals surface area (Å²) in [6.45, 7) is 0. The van der Waals surface area contributed by atoms with E-state index in [1.807, 2.05) is 0 Å². The number of sulfonamides is 1. The molecule has 0 unspecified atom stereocenters. The monoisotopic (exact) mass is 328 g/mol. The first kappa shape index (κ1) is 13.4. The lowest BCUT2D eigenvalue weighted by Crippen LogP contribution is -2.22. The molecule has 0 fully saturated rings. The molecule has 0 aromatic carbocycles. The molecule has 6 nitrogen and oxygen atoms in total. The minimum Gasteiger partial charge on any atom is -0.281 e. The zero-order valence-electron chi connectivity index (χ0n) is 8.21. The number of rotatable bonds is 4. The van der Waals surface area contributed by atoms with Crippen LogP contribution in [-0.2, 0) is 19.9 Å². The van der Waals surface area contributed by atoms with E-state index in [4.69, 9.17) is 0 Å². The van der Waals surface area contributed by atoms with Crippen molar-refractivity contribution in [1.29, 1.82) is 0 Å². The highest BCUT2D eigenvalue weighted by Gasteiger charge is 2.17. The summed E-state index contributed by atoms with van der Waals surface area (Å²) in [4.78, 5) is 3.80. The highest BCUT2D eigenvalue weighted by atomic mass is 79.9. The van der Waals surface area contributed by atoms with E-state index in [0.717, 1.165) is 6.26 Å². The van der Waals surface area contributed by atoms with Crippen LogP contribution in [0.15, 0.2) is 22.9 Å². The molecule has 1 aromatic heterocycles. The number of pyridine rings is 1. The lowest BCUT2D eigenvalue weighted by molar-refractivity contribution is 0.595. The standard InChI is InChI=1S/C7H9BrN2O4S2/c1-15(11,12)5-16(13,14)10-6-2-3-7(8)9-4-6/h2-4,10H,5H2,1H3. The molecule has 0 saturated carbocycles. The van der Waals surface area contributed by atoms with Crippen LogP contribution in [0.1, 0.15) is 0 Å². The van der Waals surface area contributed by atoms with E-state index < -0.39 is 24.9 Å². The fourth-order valence-electron chi connectivity index (χ4n) is 0.927. The van der Waals surface area contributed by atoms with E-state index in [1.54, 1.807) is 0 Å². The van der Waals surface area contributed by atoms with Gasteiger partial charge in [0.05, 0.1) is 11.9 Å². The van der Waals surface area contributed by atoms with Crippen molar-refractivity contribution in [3.8, 4) is 0 Å².